The summed E-state index contributed by atoms with van der Waals surface area (Å²) in [5, 5.41) is 2.44. The molecule has 1 N–H and O–H groups in total. The largest absolute Gasteiger partial charge is 0.319 e. The molecule has 2 aromatic carbocycles. The number of rotatable bonds is 3. The molecule has 0 bridgehead atoms. The fourth-order valence-electron chi connectivity index (χ4n) is 1.59. The fraction of sp³-hybridized carbons (Fsp3) is 0.0714. The van der Waals surface area contributed by atoms with Crippen LogP contribution in [0.5, 0.6) is 0 Å². The quantitative estimate of drug-likeness (QED) is 0.832. The van der Waals surface area contributed by atoms with Crippen LogP contribution < -0.4 is 5.32 Å². The van der Waals surface area contributed by atoms with Crippen molar-refractivity contribution in [1.29, 1.82) is 0 Å². The number of hydrogen-bond donors (Lipinski definition) is 1. The van der Waals surface area contributed by atoms with Gasteiger partial charge in [-0.15, -0.1) is 11.6 Å². The second-order valence-electron chi connectivity index (χ2n) is 3.89. The summed E-state index contributed by atoms with van der Waals surface area (Å²) in [6, 6.07) is 11.3. The Morgan fingerprint density at radius 1 is 1.21 bits per heavy atom. The summed E-state index contributed by atoms with van der Waals surface area (Å²) in [6.45, 7) is 0. The van der Waals surface area contributed by atoms with E-state index in [-0.39, 0.29) is 10.7 Å². The second kappa shape index (κ2) is 6.04. The molecule has 0 aromatic heterocycles. The van der Waals surface area contributed by atoms with Crippen LogP contribution >= 0.6 is 23.2 Å². The SMILES string of the molecule is O=C(Nc1cccc(Cl)c1F)c1cccc(CCl)c1. The third-order valence-corrected chi connectivity index (χ3v) is 3.14. The summed E-state index contributed by atoms with van der Waals surface area (Å²) in [7, 11) is 0. The second-order valence-corrected chi connectivity index (χ2v) is 4.56. The molecule has 0 spiro atoms. The summed E-state index contributed by atoms with van der Waals surface area (Å²) >= 11 is 11.3. The zero-order chi connectivity index (χ0) is 13.8. The van der Waals surface area contributed by atoms with Gasteiger partial charge in [0, 0.05) is 11.4 Å². The van der Waals surface area contributed by atoms with Gasteiger partial charge in [0.2, 0.25) is 0 Å². The molecule has 0 fully saturated rings. The van der Waals surface area contributed by atoms with E-state index in [0.717, 1.165) is 5.56 Å². The molecule has 0 radical (unpaired) electrons. The predicted molar refractivity (Wildman–Crippen MR) is 75.4 cm³/mol. The van der Waals surface area contributed by atoms with Crippen LogP contribution in [0.1, 0.15) is 15.9 Å². The lowest BCUT2D eigenvalue weighted by Crippen LogP contribution is -2.13. The Morgan fingerprint density at radius 2 is 1.95 bits per heavy atom. The van der Waals surface area contributed by atoms with Crippen LogP contribution in [-0.4, -0.2) is 5.91 Å². The van der Waals surface area contributed by atoms with Crippen molar-refractivity contribution in [3.63, 3.8) is 0 Å². The van der Waals surface area contributed by atoms with E-state index in [1.165, 1.54) is 12.1 Å². The van der Waals surface area contributed by atoms with Crippen molar-refractivity contribution in [3.8, 4) is 0 Å². The van der Waals surface area contributed by atoms with Gasteiger partial charge in [-0.2, -0.15) is 0 Å². The maximum atomic E-state index is 13.7. The van der Waals surface area contributed by atoms with Gasteiger partial charge in [-0.25, -0.2) is 4.39 Å². The lowest BCUT2D eigenvalue weighted by molar-refractivity contribution is 0.102. The fourth-order valence-corrected chi connectivity index (χ4v) is 1.93. The van der Waals surface area contributed by atoms with Crippen LogP contribution in [0.2, 0.25) is 5.02 Å². The van der Waals surface area contributed by atoms with Crippen molar-refractivity contribution >= 4 is 34.8 Å². The molecule has 0 saturated carbocycles. The number of nitrogens with one attached hydrogen (secondary N) is 1. The summed E-state index contributed by atoms with van der Waals surface area (Å²) in [5.74, 6) is -0.744. The van der Waals surface area contributed by atoms with Gasteiger partial charge in [-0.3, -0.25) is 4.79 Å². The third kappa shape index (κ3) is 3.25. The van der Waals surface area contributed by atoms with Crippen LogP contribution in [0.3, 0.4) is 0 Å². The number of alkyl halides is 1. The maximum absolute atomic E-state index is 13.7. The van der Waals surface area contributed by atoms with Gasteiger partial charge < -0.3 is 5.32 Å². The molecule has 2 nitrogen and oxygen atoms in total. The average Bonchev–Trinajstić information content (AvgIpc) is 2.44. The van der Waals surface area contributed by atoms with E-state index in [1.807, 2.05) is 6.07 Å². The van der Waals surface area contributed by atoms with Crippen LogP contribution in [0.4, 0.5) is 10.1 Å². The number of carbonyl (C=O) groups is 1. The molecule has 0 atom stereocenters. The first-order valence-electron chi connectivity index (χ1n) is 5.52. The zero-order valence-electron chi connectivity index (χ0n) is 9.79. The summed E-state index contributed by atoms with van der Waals surface area (Å²) in [6.07, 6.45) is 0. The molecular weight excluding hydrogens is 288 g/mol. The number of amides is 1. The molecule has 0 heterocycles. The lowest BCUT2D eigenvalue weighted by atomic mass is 10.1. The van der Waals surface area contributed by atoms with E-state index >= 15 is 0 Å². The van der Waals surface area contributed by atoms with Gasteiger partial charge in [0.25, 0.3) is 5.91 Å². The highest BCUT2D eigenvalue weighted by atomic mass is 35.5. The highest BCUT2D eigenvalue weighted by Crippen LogP contribution is 2.22. The Labute approximate surface area is 120 Å². The van der Waals surface area contributed by atoms with E-state index in [0.29, 0.717) is 11.4 Å². The van der Waals surface area contributed by atoms with Crippen LogP contribution in [0.25, 0.3) is 0 Å². The van der Waals surface area contributed by atoms with Gasteiger partial charge in [-0.05, 0) is 29.8 Å². The van der Waals surface area contributed by atoms with Crippen molar-refractivity contribution in [2.75, 3.05) is 5.32 Å². The Kier molecular flexibility index (Phi) is 4.40. The van der Waals surface area contributed by atoms with E-state index in [4.69, 9.17) is 23.2 Å². The molecule has 0 unspecified atom stereocenters. The number of anilines is 1. The minimum absolute atomic E-state index is 0.0349. The molecule has 98 valence electrons. The van der Waals surface area contributed by atoms with Crippen molar-refractivity contribution < 1.29 is 9.18 Å². The van der Waals surface area contributed by atoms with Gasteiger partial charge >= 0.3 is 0 Å². The Morgan fingerprint density at radius 3 is 2.68 bits per heavy atom. The highest BCUT2D eigenvalue weighted by molar-refractivity contribution is 6.31. The van der Waals surface area contributed by atoms with Gasteiger partial charge in [0.05, 0.1) is 10.7 Å². The van der Waals surface area contributed by atoms with Gasteiger partial charge in [-0.1, -0.05) is 29.8 Å². The zero-order valence-corrected chi connectivity index (χ0v) is 11.3. The predicted octanol–water partition coefficient (Wildman–Crippen LogP) is 4.47. The number of hydrogen-bond acceptors (Lipinski definition) is 1. The molecule has 5 heteroatoms. The summed E-state index contributed by atoms with van der Waals surface area (Å²) < 4.78 is 13.7. The third-order valence-electron chi connectivity index (χ3n) is 2.54. The molecule has 1 amide bonds. The molecule has 2 rings (SSSR count). The molecule has 19 heavy (non-hydrogen) atoms. The molecule has 0 aliphatic rings. The Hall–Kier alpha value is -1.58. The van der Waals surface area contributed by atoms with Crippen molar-refractivity contribution in [2.24, 2.45) is 0 Å². The highest BCUT2D eigenvalue weighted by Gasteiger charge is 2.11. The van der Waals surface area contributed by atoms with Crippen LogP contribution in [0.15, 0.2) is 42.5 Å². The molecular formula is C14H10Cl2FNO. The lowest BCUT2D eigenvalue weighted by Gasteiger charge is -2.08. The summed E-state index contributed by atoms with van der Waals surface area (Å²) in [5.41, 5.74) is 1.28. The molecule has 0 aliphatic heterocycles. The summed E-state index contributed by atoms with van der Waals surface area (Å²) in [4.78, 5) is 12.0. The molecule has 2 aromatic rings. The Balaban J connectivity index is 2.23. The van der Waals surface area contributed by atoms with Crippen molar-refractivity contribution in [3.05, 3.63) is 64.4 Å². The molecule has 0 saturated heterocycles. The maximum Gasteiger partial charge on any atom is 0.255 e. The first-order valence-corrected chi connectivity index (χ1v) is 6.43. The standard InChI is InChI=1S/C14H10Cl2FNO/c15-8-9-3-1-4-10(7-9)14(19)18-12-6-2-5-11(16)13(12)17/h1-7H,8H2,(H,18,19). The number of benzene rings is 2. The van der Waals surface area contributed by atoms with E-state index < -0.39 is 11.7 Å². The van der Waals surface area contributed by atoms with Gasteiger partial charge in [0.1, 0.15) is 0 Å². The normalized spacial score (nSPS) is 10.3. The van der Waals surface area contributed by atoms with Crippen molar-refractivity contribution in [2.45, 2.75) is 5.88 Å². The minimum Gasteiger partial charge on any atom is -0.319 e. The topological polar surface area (TPSA) is 29.1 Å². The van der Waals surface area contributed by atoms with E-state index in [2.05, 4.69) is 5.32 Å². The first-order chi connectivity index (χ1) is 9.11. The molecule has 0 aliphatic carbocycles. The van der Waals surface area contributed by atoms with E-state index in [9.17, 15) is 9.18 Å². The smallest absolute Gasteiger partial charge is 0.255 e. The Bertz CT molecular complexity index is 616. The number of halogens is 3. The van der Waals surface area contributed by atoms with Crippen LogP contribution in [0, 0.1) is 5.82 Å². The van der Waals surface area contributed by atoms with Crippen molar-refractivity contribution in [1.82, 2.24) is 0 Å². The van der Waals surface area contributed by atoms with Gasteiger partial charge in [0.15, 0.2) is 5.82 Å². The monoisotopic (exact) mass is 297 g/mol. The van der Waals surface area contributed by atoms with Crippen LogP contribution in [-0.2, 0) is 5.88 Å². The first kappa shape index (κ1) is 13.8. The van der Waals surface area contributed by atoms with E-state index in [1.54, 1.807) is 24.3 Å². The number of carbonyl (C=O) groups excluding carboxylic acids is 1. The minimum atomic E-state index is -0.647. The average molecular weight is 298 g/mol.